The van der Waals surface area contributed by atoms with Crippen LogP contribution in [0.5, 0.6) is 0 Å². The first-order valence-electron chi connectivity index (χ1n) is 3.38. The Labute approximate surface area is 70.9 Å². The Kier molecular flexibility index (Phi) is 3.05. The Hall–Kier alpha value is -0.890. The average molecular weight is 169 g/mol. The predicted molar refractivity (Wildman–Crippen MR) is 47.1 cm³/mol. The molecule has 0 saturated carbocycles. The topological polar surface area (TPSA) is 25.2 Å². The summed E-state index contributed by atoms with van der Waals surface area (Å²) < 4.78 is 0. The number of hydrogen-bond donors (Lipinski definition) is 0. The van der Waals surface area contributed by atoms with Gasteiger partial charge in [-0.05, 0) is 24.8 Å². The summed E-state index contributed by atoms with van der Waals surface area (Å²) in [6.07, 6.45) is 3.50. The van der Waals surface area contributed by atoms with Gasteiger partial charge >= 0.3 is 0 Å². The highest BCUT2D eigenvalue weighted by atomic mass is 35.5. The molecule has 1 aromatic heterocycles. The third-order valence-corrected chi connectivity index (χ3v) is 1.47. The summed E-state index contributed by atoms with van der Waals surface area (Å²) in [6.45, 7) is 2.57. The van der Waals surface area contributed by atoms with Gasteiger partial charge in [-0.1, -0.05) is 17.7 Å². The molecule has 0 bridgehead atoms. The van der Waals surface area contributed by atoms with Crippen LogP contribution in [0.15, 0.2) is 23.3 Å². The van der Waals surface area contributed by atoms with Crippen molar-refractivity contribution in [1.82, 2.24) is 4.98 Å². The van der Waals surface area contributed by atoms with Gasteiger partial charge in [0.2, 0.25) is 0 Å². The summed E-state index contributed by atoms with van der Waals surface area (Å²) in [5, 5.41) is 0.522. The molecule has 0 aliphatic heterocycles. The first-order valence-corrected chi connectivity index (χ1v) is 3.75. The van der Waals surface area contributed by atoms with E-state index in [4.69, 9.17) is 11.6 Å². The monoisotopic (exact) mass is 168 g/mol. The molecule has 11 heavy (non-hydrogen) atoms. The second-order valence-electron chi connectivity index (χ2n) is 2.09. The number of nitrogens with zero attached hydrogens (tertiary/aromatic N) is 2. The third-order valence-electron chi connectivity index (χ3n) is 1.25. The zero-order chi connectivity index (χ0) is 8.10. The van der Waals surface area contributed by atoms with Crippen molar-refractivity contribution >= 4 is 17.8 Å². The van der Waals surface area contributed by atoms with Crippen molar-refractivity contribution < 1.29 is 0 Å². The van der Waals surface area contributed by atoms with E-state index in [-0.39, 0.29) is 0 Å². The second-order valence-corrected chi connectivity index (χ2v) is 2.48. The van der Waals surface area contributed by atoms with E-state index in [0.717, 1.165) is 5.56 Å². The molecule has 0 aromatic carbocycles. The third kappa shape index (κ3) is 2.68. The maximum absolute atomic E-state index is 5.60. The van der Waals surface area contributed by atoms with Crippen LogP contribution >= 0.6 is 11.6 Å². The smallest absolute Gasteiger partial charge is 0.129 e. The van der Waals surface area contributed by atoms with E-state index < -0.39 is 0 Å². The molecule has 3 heteroatoms. The molecule has 0 aliphatic rings. The lowest BCUT2D eigenvalue weighted by molar-refractivity contribution is 1.05. The zero-order valence-electron chi connectivity index (χ0n) is 6.29. The fourth-order valence-corrected chi connectivity index (χ4v) is 0.808. The molecule has 0 aliphatic carbocycles. The lowest BCUT2D eigenvalue weighted by atomic mass is 10.3. The molecule has 1 heterocycles. The van der Waals surface area contributed by atoms with Gasteiger partial charge in [0.1, 0.15) is 5.15 Å². The molecule has 0 saturated heterocycles. The Morgan fingerprint density at radius 1 is 1.64 bits per heavy atom. The number of aromatic nitrogens is 1. The second kappa shape index (κ2) is 4.09. The fourth-order valence-electron chi connectivity index (χ4n) is 0.697. The maximum atomic E-state index is 5.60. The van der Waals surface area contributed by atoms with Crippen LogP contribution in [-0.4, -0.2) is 11.2 Å². The molecule has 0 fully saturated rings. The number of rotatable bonds is 2. The van der Waals surface area contributed by atoms with E-state index in [1.165, 1.54) is 0 Å². The molecule has 0 atom stereocenters. The molecule has 0 amide bonds. The van der Waals surface area contributed by atoms with Crippen molar-refractivity contribution in [3.05, 3.63) is 29.0 Å². The minimum atomic E-state index is 0.522. The molecule has 58 valence electrons. The summed E-state index contributed by atoms with van der Waals surface area (Å²) in [5.41, 5.74) is 1.08. The van der Waals surface area contributed by atoms with Gasteiger partial charge in [0, 0.05) is 6.20 Å². The SMILES string of the molecule is C/C=N/Cc1ccc(Cl)nc1. The van der Waals surface area contributed by atoms with Gasteiger partial charge in [-0.2, -0.15) is 0 Å². The molecule has 0 N–H and O–H groups in total. The summed E-state index contributed by atoms with van der Waals surface area (Å²) >= 11 is 5.60. The van der Waals surface area contributed by atoms with Crippen LogP contribution in [0.1, 0.15) is 12.5 Å². The Morgan fingerprint density at radius 3 is 3.00 bits per heavy atom. The lowest BCUT2D eigenvalue weighted by Crippen LogP contribution is -1.82. The Balaban J connectivity index is 2.66. The Bertz CT molecular complexity index is 241. The molecule has 0 spiro atoms. The van der Waals surface area contributed by atoms with E-state index in [2.05, 4.69) is 9.98 Å². The van der Waals surface area contributed by atoms with Crippen LogP contribution in [0.25, 0.3) is 0 Å². The molecule has 0 unspecified atom stereocenters. The molecular formula is C8H9ClN2. The maximum Gasteiger partial charge on any atom is 0.129 e. The van der Waals surface area contributed by atoms with Crippen LogP contribution in [0, 0.1) is 0 Å². The van der Waals surface area contributed by atoms with E-state index in [0.29, 0.717) is 11.7 Å². The molecule has 0 radical (unpaired) electrons. The first-order chi connectivity index (χ1) is 5.33. The fraction of sp³-hybridized carbons (Fsp3) is 0.250. The van der Waals surface area contributed by atoms with Crippen LogP contribution in [0.2, 0.25) is 5.15 Å². The number of pyridine rings is 1. The molecular weight excluding hydrogens is 160 g/mol. The highest BCUT2D eigenvalue weighted by Gasteiger charge is 1.90. The first kappa shape index (κ1) is 8.21. The minimum Gasteiger partial charge on any atom is -0.293 e. The van der Waals surface area contributed by atoms with Gasteiger partial charge in [-0.3, -0.25) is 4.99 Å². The molecule has 1 rings (SSSR count). The van der Waals surface area contributed by atoms with E-state index >= 15 is 0 Å². The Morgan fingerprint density at radius 2 is 2.45 bits per heavy atom. The number of aliphatic imine (C=N–C) groups is 1. The van der Waals surface area contributed by atoms with Gasteiger partial charge in [0.15, 0.2) is 0 Å². The normalized spacial score (nSPS) is 10.7. The van der Waals surface area contributed by atoms with E-state index in [1.54, 1.807) is 18.5 Å². The highest BCUT2D eigenvalue weighted by Crippen LogP contribution is 2.05. The zero-order valence-corrected chi connectivity index (χ0v) is 7.04. The molecule has 1 aromatic rings. The van der Waals surface area contributed by atoms with Crippen LogP contribution < -0.4 is 0 Å². The van der Waals surface area contributed by atoms with Crippen LogP contribution in [-0.2, 0) is 6.54 Å². The number of halogens is 1. The summed E-state index contributed by atoms with van der Waals surface area (Å²) in [5.74, 6) is 0. The van der Waals surface area contributed by atoms with Gasteiger partial charge in [0.05, 0.1) is 6.54 Å². The van der Waals surface area contributed by atoms with Crippen LogP contribution in [0.3, 0.4) is 0 Å². The van der Waals surface area contributed by atoms with Gasteiger partial charge in [-0.15, -0.1) is 0 Å². The van der Waals surface area contributed by atoms with E-state index in [9.17, 15) is 0 Å². The predicted octanol–water partition coefficient (Wildman–Crippen LogP) is 2.33. The summed E-state index contributed by atoms with van der Waals surface area (Å²) in [6, 6.07) is 3.68. The largest absolute Gasteiger partial charge is 0.293 e. The standard InChI is InChI=1S/C8H9ClN2/c1-2-10-5-7-3-4-8(9)11-6-7/h2-4,6H,5H2,1H3/b10-2+. The van der Waals surface area contributed by atoms with Crippen molar-refractivity contribution in [1.29, 1.82) is 0 Å². The van der Waals surface area contributed by atoms with Crippen molar-refractivity contribution in [3.8, 4) is 0 Å². The summed E-state index contributed by atoms with van der Waals surface area (Å²) in [4.78, 5) is 7.99. The van der Waals surface area contributed by atoms with Crippen molar-refractivity contribution in [2.75, 3.05) is 0 Å². The van der Waals surface area contributed by atoms with Gasteiger partial charge < -0.3 is 0 Å². The number of hydrogen-bond acceptors (Lipinski definition) is 2. The highest BCUT2D eigenvalue weighted by molar-refractivity contribution is 6.29. The van der Waals surface area contributed by atoms with Crippen molar-refractivity contribution in [2.24, 2.45) is 4.99 Å². The van der Waals surface area contributed by atoms with Crippen LogP contribution in [0.4, 0.5) is 0 Å². The van der Waals surface area contributed by atoms with E-state index in [1.807, 2.05) is 13.0 Å². The van der Waals surface area contributed by atoms with Gasteiger partial charge in [-0.25, -0.2) is 4.98 Å². The summed E-state index contributed by atoms with van der Waals surface area (Å²) in [7, 11) is 0. The minimum absolute atomic E-state index is 0.522. The molecule has 2 nitrogen and oxygen atoms in total. The van der Waals surface area contributed by atoms with Crippen molar-refractivity contribution in [3.63, 3.8) is 0 Å². The average Bonchev–Trinajstić information content (AvgIpc) is 2.04. The van der Waals surface area contributed by atoms with Gasteiger partial charge in [0.25, 0.3) is 0 Å². The lowest BCUT2D eigenvalue weighted by Gasteiger charge is -1.93. The van der Waals surface area contributed by atoms with Crippen molar-refractivity contribution in [2.45, 2.75) is 13.5 Å². The quantitative estimate of drug-likeness (QED) is 0.492.